The number of unbranched alkanes of at least 4 members (excludes halogenated alkanes) is 2. The summed E-state index contributed by atoms with van der Waals surface area (Å²) in [4.78, 5) is 17.0. The summed E-state index contributed by atoms with van der Waals surface area (Å²) >= 11 is 0. The number of aryl methyl sites for hydroxylation is 3. The summed E-state index contributed by atoms with van der Waals surface area (Å²) in [5.74, 6) is 1.16. The number of nitrogens with zero attached hydrogens (tertiary/aromatic N) is 2. The van der Waals surface area contributed by atoms with Gasteiger partial charge in [-0.25, -0.2) is 4.98 Å². The highest BCUT2D eigenvalue weighted by atomic mass is 16.1. The van der Waals surface area contributed by atoms with Crippen molar-refractivity contribution in [2.75, 3.05) is 6.54 Å². The van der Waals surface area contributed by atoms with E-state index >= 15 is 0 Å². The number of para-hydroxylation sites is 2. The third-order valence-electron chi connectivity index (χ3n) is 5.60. The Kier molecular flexibility index (Phi) is 7.12. The van der Waals surface area contributed by atoms with Crippen molar-refractivity contribution < 1.29 is 4.79 Å². The average Bonchev–Trinajstić information content (AvgIpc) is 3.18. The van der Waals surface area contributed by atoms with Gasteiger partial charge in [0.1, 0.15) is 5.82 Å². The highest BCUT2D eigenvalue weighted by Crippen LogP contribution is 2.19. The largest absolute Gasteiger partial charge is 0.352 e. The number of amides is 1. The van der Waals surface area contributed by atoms with Gasteiger partial charge in [0.25, 0.3) is 5.91 Å². The Morgan fingerprint density at radius 1 is 0.774 bits per heavy atom. The second kappa shape index (κ2) is 10.6. The number of nitrogens with one attached hydrogen (secondary N) is 1. The van der Waals surface area contributed by atoms with Crippen LogP contribution in [0.3, 0.4) is 0 Å². The molecule has 0 aliphatic carbocycles. The second-order valence-corrected chi connectivity index (χ2v) is 7.84. The molecule has 1 N–H and O–H groups in total. The topological polar surface area (TPSA) is 46.9 Å². The van der Waals surface area contributed by atoms with Crippen LogP contribution >= 0.6 is 0 Å². The van der Waals surface area contributed by atoms with Gasteiger partial charge >= 0.3 is 0 Å². The molecule has 0 unspecified atom stereocenters. The first-order valence-corrected chi connectivity index (χ1v) is 11.1. The Balaban J connectivity index is 1.29. The number of hydrogen-bond acceptors (Lipinski definition) is 2. The van der Waals surface area contributed by atoms with Crippen molar-refractivity contribution in [3.8, 4) is 0 Å². The van der Waals surface area contributed by atoms with Crippen LogP contribution in [0.1, 0.15) is 41.0 Å². The molecule has 0 spiro atoms. The van der Waals surface area contributed by atoms with E-state index in [-0.39, 0.29) is 5.91 Å². The average molecular weight is 412 g/mol. The normalized spacial score (nSPS) is 11.0. The molecule has 0 bridgehead atoms. The predicted molar refractivity (Wildman–Crippen MR) is 126 cm³/mol. The zero-order valence-electron chi connectivity index (χ0n) is 17.8. The van der Waals surface area contributed by atoms with E-state index in [0.717, 1.165) is 55.6 Å². The van der Waals surface area contributed by atoms with Crippen molar-refractivity contribution in [1.82, 2.24) is 14.9 Å². The van der Waals surface area contributed by atoms with Gasteiger partial charge in [0.15, 0.2) is 0 Å². The fraction of sp³-hybridized carbons (Fsp3) is 0.259. The Hall–Kier alpha value is -3.40. The second-order valence-electron chi connectivity index (χ2n) is 7.84. The molecule has 0 saturated carbocycles. The number of aromatic nitrogens is 2. The maximum absolute atomic E-state index is 12.1. The number of fused-ring (bicyclic) bond motifs is 1. The van der Waals surface area contributed by atoms with Crippen LogP contribution in [0, 0.1) is 0 Å². The summed E-state index contributed by atoms with van der Waals surface area (Å²) in [6.07, 6.45) is 5.06. The van der Waals surface area contributed by atoms with E-state index in [1.807, 2.05) is 30.3 Å². The third kappa shape index (κ3) is 5.60. The monoisotopic (exact) mass is 411 g/mol. The standard InChI is InChI=1S/C27H29N3O/c31-27(23-14-6-2-7-15-23)28-20-11-3-8-18-26-29-24-16-9-10-17-25(24)30(26)21-19-22-12-4-1-5-13-22/h1-2,4-7,9-10,12-17H,3,8,11,18-21H2,(H,28,31). The summed E-state index contributed by atoms with van der Waals surface area (Å²) in [7, 11) is 0. The zero-order valence-corrected chi connectivity index (χ0v) is 17.8. The first kappa shape index (κ1) is 20.9. The van der Waals surface area contributed by atoms with Crippen molar-refractivity contribution in [2.24, 2.45) is 0 Å². The van der Waals surface area contributed by atoms with Gasteiger partial charge < -0.3 is 9.88 Å². The van der Waals surface area contributed by atoms with Crippen LogP contribution in [0.25, 0.3) is 11.0 Å². The molecule has 0 atom stereocenters. The molecule has 1 heterocycles. The predicted octanol–water partition coefficient (Wildman–Crippen LogP) is 5.42. The van der Waals surface area contributed by atoms with Gasteiger partial charge in [-0.3, -0.25) is 4.79 Å². The molecule has 0 aliphatic heterocycles. The summed E-state index contributed by atoms with van der Waals surface area (Å²) in [5.41, 5.74) is 4.35. The smallest absolute Gasteiger partial charge is 0.251 e. The summed E-state index contributed by atoms with van der Waals surface area (Å²) in [6.45, 7) is 1.64. The van der Waals surface area contributed by atoms with Crippen molar-refractivity contribution >= 4 is 16.9 Å². The number of benzene rings is 3. The van der Waals surface area contributed by atoms with Gasteiger partial charge in [-0.1, -0.05) is 67.1 Å². The molecule has 3 aromatic carbocycles. The van der Waals surface area contributed by atoms with E-state index in [4.69, 9.17) is 4.98 Å². The quantitative estimate of drug-likeness (QED) is 0.354. The fourth-order valence-corrected chi connectivity index (χ4v) is 3.93. The van der Waals surface area contributed by atoms with Gasteiger partial charge in [0.2, 0.25) is 0 Å². The lowest BCUT2D eigenvalue weighted by Gasteiger charge is -2.10. The first-order valence-electron chi connectivity index (χ1n) is 11.1. The van der Waals surface area contributed by atoms with E-state index in [2.05, 4.69) is 64.5 Å². The van der Waals surface area contributed by atoms with Crippen molar-refractivity contribution in [2.45, 2.75) is 38.6 Å². The molecule has 158 valence electrons. The van der Waals surface area contributed by atoms with Gasteiger partial charge in [-0.2, -0.15) is 0 Å². The van der Waals surface area contributed by atoms with Crippen LogP contribution in [0.2, 0.25) is 0 Å². The Bertz CT molecular complexity index is 1100. The maximum atomic E-state index is 12.1. The highest BCUT2D eigenvalue weighted by molar-refractivity contribution is 5.94. The molecular formula is C27H29N3O. The fourth-order valence-electron chi connectivity index (χ4n) is 3.93. The molecule has 4 aromatic rings. The molecule has 0 saturated heterocycles. The van der Waals surface area contributed by atoms with Gasteiger partial charge in [0.05, 0.1) is 11.0 Å². The SMILES string of the molecule is O=C(NCCCCCc1nc2ccccc2n1CCc1ccccc1)c1ccccc1. The molecule has 4 heteroatoms. The minimum Gasteiger partial charge on any atom is -0.352 e. The van der Waals surface area contributed by atoms with E-state index in [1.54, 1.807) is 0 Å². The molecule has 0 radical (unpaired) electrons. The molecule has 4 nitrogen and oxygen atoms in total. The van der Waals surface area contributed by atoms with Gasteiger partial charge in [-0.15, -0.1) is 0 Å². The number of hydrogen-bond donors (Lipinski definition) is 1. The van der Waals surface area contributed by atoms with Crippen molar-refractivity contribution in [3.63, 3.8) is 0 Å². The Morgan fingerprint density at radius 2 is 1.48 bits per heavy atom. The number of carbonyl (C=O) groups excluding carboxylic acids is 1. The third-order valence-corrected chi connectivity index (χ3v) is 5.60. The van der Waals surface area contributed by atoms with E-state index in [9.17, 15) is 4.79 Å². The van der Waals surface area contributed by atoms with E-state index in [1.165, 1.54) is 11.1 Å². The Labute approximate surface area is 183 Å². The Morgan fingerprint density at radius 3 is 2.29 bits per heavy atom. The maximum Gasteiger partial charge on any atom is 0.251 e. The minimum atomic E-state index is 0.00306. The summed E-state index contributed by atoms with van der Waals surface area (Å²) in [5, 5.41) is 3.01. The zero-order chi connectivity index (χ0) is 21.3. The van der Waals surface area contributed by atoms with Crippen LogP contribution in [0.4, 0.5) is 0 Å². The summed E-state index contributed by atoms with van der Waals surface area (Å²) < 4.78 is 2.37. The number of carbonyl (C=O) groups is 1. The summed E-state index contributed by atoms with van der Waals surface area (Å²) in [6, 6.07) is 28.4. The highest BCUT2D eigenvalue weighted by Gasteiger charge is 2.10. The minimum absolute atomic E-state index is 0.00306. The van der Waals surface area contributed by atoms with E-state index in [0.29, 0.717) is 6.54 Å². The van der Waals surface area contributed by atoms with Crippen molar-refractivity contribution in [3.05, 3.63) is 102 Å². The lowest BCUT2D eigenvalue weighted by atomic mass is 10.1. The van der Waals surface area contributed by atoms with Gasteiger partial charge in [0, 0.05) is 25.1 Å². The number of rotatable bonds is 10. The molecule has 0 aliphatic rings. The van der Waals surface area contributed by atoms with Crippen LogP contribution in [-0.4, -0.2) is 22.0 Å². The van der Waals surface area contributed by atoms with Crippen molar-refractivity contribution in [1.29, 1.82) is 0 Å². The molecular weight excluding hydrogens is 382 g/mol. The molecule has 0 fully saturated rings. The van der Waals surface area contributed by atoms with Gasteiger partial charge in [-0.05, 0) is 49.1 Å². The lowest BCUT2D eigenvalue weighted by molar-refractivity contribution is 0.0953. The lowest BCUT2D eigenvalue weighted by Crippen LogP contribution is -2.24. The first-order chi connectivity index (χ1) is 15.3. The van der Waals surface area contributed by atoms with Crippen LogP contribution in [0.5, 0.6) is 0 Å². The molecule has 1 amide bonds. The number of imidazole rings is 1. The van der Waals surface area contributed by atoms with Crippen LogP contribution < -0.4 is 5.32 Å². The van der Waals surface area contributed by atoms with Crippen LogP contribution in [0.15, 0.2) is 84.9 Å². The molecule has 4 rings (SSSR count). The van der Waals surface area contributed by atoms with E-state index < -0.39 is 0 Å². The molecule has 31 heavy (non-hydrogen) atoms. The molecule has 1 aromatic heterocycles. The van der Waals surface area contributed by atoms with Crippen LogP contribution in [-0.2, 0) is 19.4 Å².